The van der Waals surface area contributed by atoms with Crippen LogP contribution in [0.4, 0.5) is 5.69 Å². The molecule has 0 unspecified atom stereocenters. The molecule has 0 aliphatic carbocycles. The summed E-state index contributed by atoms with van der Waals surface area (Å²) in [5, 5.41) is 1.79. The van der Waals surface area contributed by atoms with Crippen LogP contribution in [0.25, 0.3) is 0 Å². The van der Waals surface area contributed by atoms with Crippen LogP contribution in [0.5, 0.6) is 5.75 Å². The van der Waals surface area contributed by atoms with Crippen LogP contribution >= 0.6 is 39.1 Å². The summed E-state index contributed by atoms with van der Waals surface area (Å²) in [6, 6.07) is 16.9. The summed E-state index contributed by atoms with van der Waals surface area (Å²) < 4.78 is 6.52. The van der Waals surface area contributed by atoms with Gasteiger partial charge in [-0.3, -0.25) is 19.4 Å². The number of hydrogen-bond acceptors (Lipinski definition) is 5. The minimum Gasteiger partial charge on any atom is -0.494 e. The molecule has 1 N–H and O–H groups in total. The molecular formula is C26H20BrCl2N3O4. The van der Waals surface area contributed by atoms with Crippen LogP contribution in [0.15, 0.2) is 71.2 Å². The highest BCUT2D eigenvalue weighted by Gasteiger charge is 2.61. The van der Waals surface area contributed by atoms with Crippen LogP contribution in [-0.4, -0.2) is 35.4 Å². The number of carbonyl (C=O) groups is 3. The monoisotopic (exact) mass is 587 g/mol. The molecule has 3 amide bonds. The first-order valence-corrected chi connectivity index (χ1v) is 12.8. The molecule has 2 fully saturated rings. The van der Waals surface area contributed by atoms with Crippen molar-refractivity contribution in [3.63, 3.8) is 0 Å². The highest BCUT2D eigenvalue weighted by atomic mass is 79.9. The molecule has 184 valence electrons. The summed E-state index contributed by atoms with van der Waals surface area (Å²) >= 11 is 15.8. The Hall–Kier alpha value is -2.91. The lowest BCUT2D eigenvalue weighted by Gasteiger charge is -2.26. The van der Waals surface area contributed by atoms with Crippen molar-refractivity contribution in [2.45, 2.75) is 19.0 Å². The zero-order valence-electron chi connectivity index (χ0n) is 19.0. The maximum atomic E-state index is 13.8. The van der Waals surface area contributed by atoms with Gasteiger partial charge >= 0.3 is 0 Å². The number of ether oxygens (including phenoxy) is 1. The fourth-order valence-electron chi connectivity index (χ4n) is 4.72. The molecule has 3 atom stereocenters. The summed E-state index contributed by atoms with van der Waals surface area (Å²) in [6.45, 7) is 2.27. The van der Waals surface area contributed by atoms with Crippen molar-refractivity contribution in [3.05, 3.63) is 92.4 Å². The number of hydrogen-bond donors (Lipinski definition) is 1. The Labute approximate surface area is 226 Å². The maximum absolute atomic E-state index is 13.8. The molecule has 2 aliphatic heterocycles. The topological polar surface area (TPSA) is 79.0 Å². The molecule has 10 heteroatoms. The second-order valence-electron chi connectivity index (χ2n) is 8.34. The number of fused-ring (bicyclic) bond motifs is 1. The Kier molecular flexibility index (Phi) is 6.78. The third-order valence-electron chi connectivity index (χ3n) is 6.23. The molecule has 0 spiro atoms. The van der Waals surface area contributed by atoms with Gasteiger partial charge < -0.3 is 4.74 Å². The third-order valence-corrected chi connectivity index (χ3v) is 7.26. The van der Waals surface area contributed by atoms with E-state index in [-0.39, 0.29) is 10.7 Å². The van der Waals surface area contributed by atoms with Crippen molar-refractivity contribution < 1.29 is 19.1 Å². The standard InChI is InChI=1S/C26H20BrCl2N3O4/c1-2-36-20-9-4-3-8-17(20)22-21-23(32(30-22)24(33)14-6-5-7-15(27)12-14)26(35)31(25(21)34)19-11-10-16(28)13-18(19)29/h3-13,21-23,30H,2H2,1H3/t21-,22-,23-/m0/s1. The highest BCUT2D eigenvalue weighted by molar-refractivity contribution is 9.10. The lowest BCUT2D eigenvalue weighted by molar-refractivity contribution is -0.123. The fourth-order valence-corrected chi connectivity index (χ4v) is 5.61. The molecule has 7 nitrogen and oxygen atoms in total. The molecule has 2 saturated heterocycles. The van der Waals surface area contributed by atoms with Gasteiger partial charge in [0.2, 0.25) is 5.91 Å². The molecule has 3 aromatic carbocycles. The molecule has 0 aromatic heterocycles. The van der Waals surface area contributed by atoms with E-state index < -0.39 is 35.7 Å². The van der Waals surface area contributed by atoms with Crippen molar-refractivity contribution in [1.29, 1.82) is 0 Å². The van der Waals surface area contributed by atoms with Crippen molar-refractivity contribution >= 4 is 62.5 Å². The van der Waals surface area contributed by atoms with Gasteiger partial charge in [0, 0.05) is 20.6 Å². The van der Waals surface area contributed by atoms with Gasteiger partial charge in [0.05, 0.1) is 29.3 Å². The van der Waals surface area contributed by atoms with Crippen LogP contribution in [0.1, 0.15) is 28.9 Å². The Morgan fingerprint density at radius 3 is 2.53 bits per heavy atom. The molecule has 2 heterocycles. The minimum atomic E-state index is -1.09. The van der Waals surface area contributed by atoms with Crippen LogP contribution in [0, 0.1) is 5.92 Å². The highest BCUT2D eigenvalue weighted by Crippen LogP contribution is 2.45. The van der Waals surface area contributed by atoms with Crippen LogP contribution in [0.3, 0.4) is 0 Å². The maximum Gasteiger partial charge on any atom is 0.268 e. The van der Waals surface area contributed by atoms with Crippen molar-refractivity contribution in [3.8, 4) is 5.75 Å². The molecule has 0 bridgehead atoms. The quantitative estimate of drug-likeness (QED) is 0.403. The van der Waals surface area contributed by atoms with E-state index in [0.717, 1.165) is 4.90 Å². The molecule has 0 radical (unpaired) electrons. The zero-order valence-corrected chi connectivity index (χ0v) is 22.0. The third kappa shape index (κ3) is 4.18. The van der Waals surface area contributed by atoms with Crippen molar-refractivity contribution in [2.75, 3.05) is 11.5 Å². The number of para-hydroxylation sites is 1. The largest absolute Gasteiger partial charge is 0.494 e. The average molecular weight is 589 g/mol. The van der Waals surface area contributed by atoms with E-state index in [4.69, 9.17) is 27.9 Å². The number of rotatable bonds is 5. The van der Waals surface area contributed by atoms with E-state index in [1.165, 1.54) is 17.1 Å². The van der Waals surface area contributed by atoms with E-state index in [1.54, 1.807) is 36.4 Å². The smallest absolute Gasteiger partial charge is 0.268 e. The molecule has 36 heavy (non-hydrogen) atoms. The van der Waals surface area contributed by atoms with Crippen molar-refractivity contribution in [1.82, 2.24) is 10.4 Å². The summed E-state index contributed by atoms with van der Waals surface area (Å²) in [5.41, 5.74) is 4.40. The predicted octanol–water partition coefficient (Wildman–Crippen LogP) is 5.41. The van der Waals surface area contributed by atoms with Gasteiger partial charge in [-0.05, 0) is 49.4 Å². The first-order chi connectivity index (χ1) is 17.3. The van der Waals surface area contributed by atoms with E-state index >= 15 is 0 Å². The van der Waals surface area contributed by atoms with Crippen LogP contribution in [-0.2, 0) is 9.59 Å². The van der Waals surface area contributed by atoms with Crippen molar-refractivity contribution in [2.24, 2.45) is 5.92 Å². The second-order valence-corrected chi connectivity index (χ2v) is 10.1. The summed E-state index contributed by atoms with van der Waals surface area (Å²) in [6.07, 6.45) is 0. The van der Waals surface area contributed by atoms with E-state index in [2.05, 4.69) is 21.4 Å². The normalized spacial score (nSPS) is 21.2. The number of hydrazine groups is 1. The summed E-state index contributed by atoms with van der Waals surface area (Å²) in [7, 11) is 0. The molecule has 0 saturated carbocycles. The second kappa shape index (κ2) is 9.86. The Balaban J connectivity index is 1.62. The van der Waals surface area contributed by atoms with Gasteiger partial charge in [0.15, 0.2) is 0 Å². The zero-order chi connectivity index (χ0) is 25.6. The van der Waals surface area contributed by atoms with Gasteiger partial charge in [-0.15, -0.1) is 0 Å². The fraction of sp³-hybridized carbons (Fsp3) is 0.192. The van der Waals surface area contributed by atoms with Gasteiger partial charge in [-0.2, -0.15) is 0 Å². The van der Waals surface area contributed by atoms with Gasteiger partial charge in [0.1, 0.15) is 11.8 Å². The first kappa shape index (κ1) is 24.8. The number of imide groups is 1. The van der Waals surface area contributed by atoms with E-state index in [9.17, 15) is 14.4 Å². The number of anilines is 1. The average Bonchev–Trinajstić information content (AvgIpc) is 3.36. The Bertz CT molecular complexity index is 1380. The number of benzene rings is 3. The van der Waals surface area contributed by atoms with Gasteiger partial charge in [0.25, 0.3) is 11.8 Å². The summed E-state index contributed by atoms with van der Waals surface area (Å²) in [4.78, 5) is 42.3. The molecule has 5 rings (SSSR count). The number of nitrogens with one attached hydrogen (secondary N) is 1. The molecular weight excluding hydrogens is 569 g/mol. The summed E-state index contributed by atoms with van der Waals surface area (Å²) in [5.74, 6) is -1.80. The van der Waals surface area contributed by atoms with E-state index in [1.807, 2.05) is 25.1 Å². The number of halogens is 3. The number of carbonyl (C=O) groups excluding carboxylic acids is 3. The number of amides is 3. The number of nitrogens with zero attached hydrogens (tertiary/aromatic N) is 2. The van der Waals surface area contributed by atoms with Crippen LogP contribution in [0.2, 0.25) is 10.0 Å². The van der Waals surface area contributed by atoms with Crippen LogP contribution < -0.4 is 15.1 Å². The first-order valence-electron chi connectivity index (χ1n) is 11.2. The lowest BCUT2D eigenvalue weighted by Crippen LogP contribution is -2.48. The SMILES string of the molecule is CCOc1ccccc1[C@@H]1NN(C(=O)c2cccc(Br)c2)[C@@H]2C(=O)N(c3ccc(Cl)cc3Cl)C(=O)[C@H]21. The Morgan fingerprint density at radius 1 is 1.03 bits per heavy atom. The van der Waals surface area contributed by atoms with Gasteiger partial charge in [-0.1, -0.05) is 63.4 Å². The lowest BCUT2D eigenvalue weighted by atomic mass is 9.90. The Morgan fingerprint density at radius 2 is 1.81 bits per heavy atom. The van der Waals surface area contributed by atoms with Gasteiger partial charge in [-0.25, -0.2) is 10.3 Å². The molecule has 3 aromatic rings. The molecule has 2 aliphatic rings. The van der Waals surface area contributed by atoms with E-state index in [0.29, 0.717) is 33.0 Å². The minimum absolute atomic E-state index is 0.160. The predicted molar refractivity (Wildman–Crippen MR) is 140 cm³/mol.